The number of likely N-dealkylation sites (N-methyl/N-ethyl adjacent to an activating group) is 1. The van der Waals surface area contributed by atoms with Crippen LogP contribution < -0.4 is 10.1 Å². The highest BCUT2D eigenvalue weighted by molar-refractivity contribution is 5.24. The van der Waals surface area contributed by atoms with Crippen molar-refractivity contribution in [2.45, 2.75) is 19.4 Å². The highest BCUT2D eigenvalue weighted by Crippen LogP contribution is 2.16. The molecule has 0 spiro atoms. The summed E-state index contributed by atoms with van der Waals surface area (Å²) in [5.74, 6) is -1.34. The molecule has 0 amide bonds. The third-order valence-electron chi connectivity index (χ3n) is 2.18. The minimum Gasteiger partial charge on any atom is -0.490 e. The van der Waals surface area contributed by atoms with E-state index in [9.17, 15) is 8.78 Å². The second kappa shape index (κ2) is 5.60. The topological polar surface area (TPSA) is 45.0 Å². The van der Waals surface area contributed by atoms with Crippen LogP contribution in [0.4, 0.5) is 8.78 Å². The first kappa shape index (κ1) is 13.4. The fraction of sp³-hybridized carbons (Fsp3) is 0.417. The standard InChI is InChI=1S/C12H14F2N2O/c1-3-16-12(2,7-15)8-17-11-5-9(13)4-10(14)6-11/h4-6,16H,3,8H2,1-2H3. The summed E-state index contributed by atoms with van der Waals surface area (Å²) in [5, 5.41) is 11.9. The molecule has 1 aromatic carbocycles. The molecule has 0 heterocycles. The van der Waals surface area contributed by atoms with Gasteiger partial charge in [-0.3, -0.25) is 5.32 Å². The van der Waals surface area contributed by atoms with Crippen molar-refractivity contribution in [3.8, 4) is 11.8 Å². The van der Waals surface area contributed by atoms with Crippen molar-refractivity contribution >= 4 is 0 Å². The van der Waals surface area contributed by atoms with Gasteiger partial charge in [-0.15, -0.1) is 0 Å². The fourth-order valence-corrected chi connectivity index (χ4v) is 1.35. The smallest absolute Gasteiger partial charge is 0.138 e. The van der Waals surface area contributed by atoms with Gasteiger partial charge in [0.25, 0.3) is 0 Å². The molecule has 0 fully saturated rings. The molecule has 5 heteroatoms. The zero-order valence-corrected chi connectivity index (χ0v) is 9.76. The average Bonchev–Trinajstić information content (AvgIpc) is 2.26. The summed E-state index contributed by atoms with van der Waals surface area (Å²) in [7, 11) is 0. The van der Waals surface area contributed by atoms with Gasteiger partial charge >= 0.3 is 0 Å². The molecule has 1 rings (SSSR count). The summed E-state index contributed by atoms with van der Waals surface area (Å²) >= 11 is 0. The van der Waals surface area contributed by atoms with Crippen LogP contribution in [0.5, 0.6) is 5.75 Å². The number of hydrogen-bond acceptors (Lipinski definition) is 3. The Hall–Kier alpha value is -1.67. The molecule has 1 aromatic rings. The molecule has 0 bridgehead atoms. The SMILES string of the molecule is CCNC(C)(C#N)COc1cc(F)cc(F)c1. The van der Waals surface area contributed by atoms with Gasteiger partial charge in [0.2, 0.25) is 0 Å². The summed E-state index contributed by atoms with van der Waals surface area (Å²) in [6.45, 7) is 4.13. The first-order valence-electron chi connectivity index (χ1n) is 5.24. The second-order valence-electron chi connectivity index (χ2n) is 3.87. The van der Waals surface area contributed by atoms with E-state index in [-0.39, 0.29) is 12.4 Å². The highest BCUT2D eigenvalue weighted by atomic mass is 19.1. The number of benzene rings is 1. The highest BCUT2D eigenvalue weighted by Gasteiger charge is 2.23. The van der Waals surface area contributed by atoms with Gasteiger partial charge in [0.05, 0.1) is 6.07 Å². The maximum atomic E-state index is 12.9. The Labute approximate surface area is 99.0 Å². The van der Waals surface area contributed by atoms with Crippen LogP contribution in [0.1, 0.15) is 13.8 Å². The third kappa shape index (κ3) is 4.00. The lowest BCUT2D eigenvalue weighted by molar-refractivity contribution is 0.234. The van der Waals surface area contributed by atoms with Crippen molar-refractivity contribution in [1.29, 1.82) is 5.26 Å². The van der Waals surface area contributed by atoms with E-state index in [4.69, 9.17) is 10.00 Å². The Morgan fingerprint density at radius 2 is 1.94 bits per heavy atom. The number of nitriles is 1. The zero-order valence-electron chi connectivity index (χ0n) is 9.76. The predicted molar refractivity (Wildman–Crippen MR) is 59.5 cm³/mol. The number of rotatable bonds is 5. The van der Waals surface area contributed by atoms with Crippen LogP contribution in [-0.4, -0.2) is 18.7 Å². The molecule has 0 aromatic heterocycles. The Kier molecular flexibility index (Phi) is 4.41. The quantitative estimate of drug-likeness (QED) is 0.858. The Bertz CT molecular complexity index is 411. The van der Waals surface area contributed by atoms with Crippen LogP contribution >= 0.6 is 0 Å². The van der Waals surface area contributed by atoms with E-state index in [0.29, 0.717) is 6.54 Å². The van der Waals surface area contributed by atoms with Crippen molar-refractivity contribution in [2.24, 2.45) is 0 Å². The van der Waals surface area contributed by atoms with Crippen molar-refractivity contribution in [2.75, 3.05) is 13.2 Å². The van der Waals surface area contributed by atoms with Crippen molar-refractivity contribution in [3.63, 3.8) is 0 Å². The van der Waals surface area contributed by atoms with Crippen LogP contribution in [0.15, 0.2) is 18.2 Å². The maximum Gasteiger partial charge on any atom is 0.138 e. The molecule has 0 aliphatic carbocycles. The molecule has 0 aliphatic heterocycles. The molecule has 92 valence electrons. The van der Waals surface area contributed by atoms with E-state index in [1.54, 1.807) is 6.92 Å². The normalized spacial score (nSPS) is 13.8. The zero-order chi connectivity index (χ0) is 12.9. The van der Waals surface area contributed by atoms with Gasteiger partial charge in [0, 0.05) is 18.2 Å². The molecular formula is C12H14F2N2O. The van der Waals surface area contributed by atoms with E-state index in [1.165, 1.54) is 0 Å². The van der Waals surface area contributed by atoms with Crippen LogP contribution in [0.25, 0.3) is 0 Å². The first-order chi connectivity index (χ1) is 7.99. The molecule has 17 heavy (non-hydrogen) atoms. The Morgan fingerprint density at radius 3 is 2.41 bits per heavy atom. The minimum absolute atomic E-state index is 0.0141. The van der Waals surface area contributed by atoms with E-state index < -0.39 is 17.2 Å². The molecule has 0 saturated heterocycles. The van der Waals surface area contributed by atoms with Gasteiger partial charge in [-0.05, 0) is 13.5 Å². The lowest BCUT2D eigenvalue weighted by atomic mass is 10.1. The van der Waals surface area contributed by atoms with Crippen molar-refractivity contribution in [3.05, 3.63) is 29.8 Å². The Morgan fingerprint density at radius 1 is 1.35 bits per heavy atom. The number of ether oxygens (including phenoxy) is 1. The van der Waals surface area contributed by atoms with Crippen molar-refractivity contribution in [1.82, 2.24) is 5.32 Å². The maximum absolute atomic E-state index is 12.9. The molecule has 1 unspecified atom stereocenters. The van der Waals surface area contributed by atoms with Gasteiger partial charge in [-0.1, -0.05) is 6.92 Å². The van der Waals surface area contributed by atoms with Gasteiger partial charge in [0.15, 0.2) is 0 Å². The van der Waals surface area contributed by atoms with E-state index in [0.717, 1.165) is 18.2 Å². The molecule has 0 aliphatic rings. The summed E-state index contributed by atoms with van der Waals surface area (Å²) in [4.78, 5) is 0. The van der Waals surface area contributed by atoms with Gasteiger partial charge in [0.1, 0.15) is 29.5 Å². The first-order valence-corrected chi connectivity index (χ1v) is 5.24. The summed E-state index contributed by atoms with van der Waals surface area (Å²) < 4.78 is 31.0. The number of nitrogens with one attached hydrogen (secondary N) is 1. The summed E-state index contributed by atoms with van der Waals surface area (Å²) in [6.07, 6.45) is 0. The van der Waals surface area contributed by atoms with Crippen LogP contribution in [-0.2, 0) is 0 Å². The monoisotopic (exact) mass is 240 g/mol. The third-order valence-corrected chi connectivity index (χ3v) is 2.18. The number of halogens is 2. The van der Waals surface area contributed by atoms with Crippen LogP contribution in [0.2, 0.25) is 0 Å². The number of nitrogens with zero attached hydrogens (tertiary/aromatic N) is 1. The predicted octanol–water partition coefficient (Wildman–Crippen LogP) is 2.24. The molecule has 0 saturated carbocycles. The van der Waals surface area contributed by atoms with Gasteiger partial charge in [-0.2, -0.15) is 5.26 Å². The van der Waals surface area contributed by atoms with Gasteiger partial charge < -0.3 is 4.74 Å². The van der Waals surface area contributed by atoms with Crippen LogP contribution in [0, 0.1) is 23.0 Å². The minimum atomic E-state index is -0.877. The number of hydrogen-bond donors (Lipinski definition) is 1. The van der Waals surface area contributed by atoms with Crippen molar-refractivity contribution < 1.29 is 13.5 Å². The summed E-state index contributed by atoms with van der Waals surface area (Å²) in [6, 6.07) is 4.97. The van der Waals surface area contributed by atoms with E-state index >= 15 is 0 Å². The van der Waals surface area contributed by atoms with E-state index in [2.05, 4.69) is 11.4 Å². The molecule has 1 atom stereocenters. The fourth-order valence-electron chi connectivity index (χ4n) is 1.35. The largest absolute Gasteiger partial charge is 0.490 e. The van der Waals surface area contributed by atoms with E-state index in [1.807, 2.05) is 6.92 Å². The summed E-state index contributed by atoms with van der Waals surface area (Å²) in [5.41, 5.74) is -0.877. The van der Waals surface area contributed by atoms with Gasteiger partial charge in [-0.25, -0.2) is 8.78 Å². The second-order valence-corrected chi connectivity index (χ2v) is 3.87. The average molecular weight is 240 g/mol. The lowest BCUT2D eigenvalue weighted by Crippen LogP contribution is -2.46. The molecule has 3 nitrogen and oxygen atoms in total. The lowest BCUT2D eigenvalue weighted by Gasteiger charge is -2.22. The molecule has 1 N–H and O–H groups in total. The molecule has 0 radical (unpaired) electrons. The molecular weight excluding hydrogens is 226 g/mol. The van der Waals surface area contributed by atoms with Crippen LogP contribution in [0.3, 0.4) is 0 Å². The Balaban J connectivity index is 2.69.